The van der Waals surface area contributed by atoms with Crippen LogP contribution in [0, 0.1) is 0 Å². The van der Waals surface area contributed by atoms with Crippen molar-refractivity contribution in [3.05, 3.63) is 69.0 Å². The molecule has 0 aliphatic rings. The van der Waals surface area contributed by atoms with Gasteiger partial charge in [-0.15, -0.1) is 10.2 Å². The van der Waals surface area contributed by atoms with Gasteiger partial charge in [-0.1, -0.05) is 27.7 Å². The minimum atomic E-state index is -0.464. The molecule has 0 aliphatic heterocycles. The Kier molecular flexibility index (Phi) is 5.50. The number of thioether (sulfide) groups is 1. The van der Waals surface area contributed by atoms with Gasteiger partial charge in [-0.3, -0.25) is 4.79 Å². The molecule has 0 radical (unpaired) electrons. The number of benzene rings is 2. The second kappa shape index (κ2) is 8.22. The van der Waals surface area contributed by atoms with Gasteiger partial charge in [0.15, 0.2) is 0 Å². The number of rotatable bonds is 5. The summed E-state index contributed by atoms with van der Waals surface area (Å²) >= 11 is 4.72. The SMILES string of the molecule is CC(=O)Nc1ccc2c(CSc3nnc(-c4ccc(Br)cc4)o3)cc(=O)oc2c1. The van der Waals surface area contributed by atoms with Gasteiger partial charge in [0.05, 0.1) is 0 Å². The van der Waals surface area contributed by atoms with Gasteiger partial charge >= 0.3 is 5.63 Å². The fourth-order valence-electron chi connectivity index (χ4n) is 2.75. The lowest BCUT2D eigenvalue weighted by atomic mass is 10.1. The molecule has 9 heteroatoms. The maximum absolute atomic E-state index is 11.9. The van der Waals surface area contributed by atoms with Crippen molar-refractivity contribution < 1.29 is 13.6 Å². The molecule has 1 amide bonds. The summed E-state index contributed by atoms with van der Waals surface area (Å²) in [4.78, 5) is 23.2. The van der Waals surface area contributed by atoms with Crippen LogP contribution in [0.4, 0.5) is 5.69 Å². The largest absolute Gasteiger partial charge is 0.423 e. The molecule has 0 unspecified atom stereocenters. The van der Waals surface area contributed by atoms with Crippen molar-refractivity contribution in [2.45, 2.75) is 17.9 Å². The first-order valence-electron chi connectivity index (χ1n) is 8.54. The zero-order chi connectivity index (χ0) is 20.4. The van der Waals surface area contributed by atoms with Gasteiger partial charge < -0.3 is 14.2 Å². The fraction of sp³-hybridized carbons (Fsp3) is 0.100. The molecule has 0 aliphatic carbocycles. The molecular formula is C20H14BrN3O4S. The van der Waals surface area contributed by atoms with Crippen molar-refractivity contribution >= 4 is 50.3 Å². The van der Waals surface area contributed by atoms with E-state index < -0.39 is 5.63 Å². The third-order valence-electron chi connectivity index (χ3n) is 4.00. The number of amides is 1. The van der Waals surface area contributed by atoms with Crippen molar-refractivity contribution in [3.8, 4) is 11.5 Å². The van der Waals surface area contributed by atoms with Gasteiger partial charge in [0.2, 0.25) is 11.8 Å². The molecule has 2 heterocycles. The Hall–Kier alpha value is -2.91. The fourth-order valence-corrected chi connectivity index (χ4v) is 3.77. The van der Waals surface area contributed by atoms with Crippen molar-refractivity contribution in [2.75, 3.05) is 5.32 Å². The predicted molar refractivity (Wildman–Crippen MR) is 114 cm³/mol. The number of carbonyl (C=O) groups excluding carboxylic acids is 1. The van der Waals surface area contributed by atoms with E-state index >= 15 is 0 Å². The van der Waals surface area contributed by atoms with E-state index in [-0.39, 0.29) is 5.91 Å². The van der Waals surface area contributed by atoms with Crippen LogP contribution in [-0.4, -0.2) is 16.1 Å². The lowest BCUT2D eigenvalue weighted by Crippen LogP contribution is -2.06. The highest BCUT2D eigenvalue weighted by molar-refractivity contribution is 9.10. The molecule has 146 valence electrons. The van der Waals surface area contributed by atoms with Crippen LogP contribution < -0.4 is 10.9 Å². The first-order valence-corrected chi connectivity index (χ1v) is 10.3. The minimum absolute atomic E-state index is 0.198. The Balaban J connectivity index is 1.56. The highest BCUT2D eigenvalue weighted by atomic mass is 79.9. The summed E-state index contributed by atoms with van der Waals surface area (Å²) in [5, 5.41) is 12.0. The Morgan fingerprint density at radius 2 is 1.90 bits per heavy atom. The second-order valence-corrected chi connectivity index (χ2v) is 7.99. The van der Waals surface area contributed by atoms with Gasteiger partial charge in [0.25, 0.3) is 5.22 Å². The summed E-state index contributed by atoms with van der Waals surface area (Å²) in [5.74, 6) is 0.678. The summed E-state index contributed by atoms with van der Waals surface area (Å²) in [5.41, 5.74) is 2.10. The first-order chi connectivity index (χ1) is 14.0. The quantitative estimate of drug-likeness (QED) is 0.327. The third kappa shape index (κ3) is 4.57. The van der Waals surface area contributed by atoms with Crippen LogP contribution in [0.3, 0.4) is 0 Å². The number of fused-ring (bicyclic) bond motifs is 1. The van der Waals surface area contributed by atoms with Crippen LogP contribution in [0.15, 0.2) is 71.9 Å². The van der Waals surface area contributed by atoms with E-state index in [1.165, 1.54) is 24.8 Å². The molecule has 4 aromatic rings. The van der Waals surface area contributed by atoms with E-state index in [1.807, 2.05) is 24.3 Å². The van der Waals surface area contributed by atoms with E-state index in [4.69, 9.17) is 8.83 Å². The molecule has 0 atom stereocenters. The number of nitrogens with zero attached hydrogens (tertiary/aromatic N) is 2. The van der Waals surface area contributed by atoms with Gasteiger partial charge in [-0.05, 0) is 42.0 Å². The van der Waals surface area contributed by atoms with E-state index in [1.54, 1.807) is 18.2 Å². The van der Waals surface area contributed by atoms with Gasteiger partial charge in [0.1, 0.15) is 5.58 Å². The van der Waals surface area contributed by atoms with Crippen molar-refractivity contribution in [1.82, 2.24) is 10.2 Å². The lowest BCUT2D eigenvalue weighted by Gasteiger charge is -2.06. The number of hydrogen-bond acceptors (Lipinski definition) is 7. The summed E-state index contributed by atoms with van der Waals surface area (Å²) < 4.78 is 12.0. The van der Waals surface area contributed by atoms with Crippen LogP contribution >= 0.6 is 27.7 Å². The highest BCUT2D eigenvalue weighted by Gasteiger charge is 2.12. The third-order valence-corrected chi connectivity index (χ3v) is 5.40. The molecule has 0 saturated heterocycles. The molecule has 2 aromatic carbocycles. The Bertz CT molecular complexity index is 1250. The molecule has 0 saturated carbocycles. The molecule has 0 spiro atoms. The molecule has 4 rings (SSSR count). The zero-order valence-electron chi connectivity index (χ0n) is 15.1. The number of hydrogen-bond donors (Lipinski definition) is 1. The average Bonchev–Trinajstić information content (AvgIpc) is 3.15. The average molecular weight is 472 g/mol. The first kappa shape index (κ1) is 19.4. The molecule has 2 aromatic heterocycles. The Labute approximate surface area is 177 Å². The molecule has 7 nitrogen and oxygen atoms in total. The number of anilines is 1. The molecular weight excluding hydrogens is 458 g/mol. The van der Waals surface area contributed by atoms with E-state index in [0.29, 0.717) is 28.1 Å². The summed E-state index contributed by atoms with van der Waals surface area (Å²) in [6, 6.07) is 14.2. The number of nitrogens with one attached hydrogen (secondary N) is 1. The van der Waals surface area contributed by atoms with Gasteiger partial charge in [-0.25, -0.2) is 4.79 Å². The summed E-state index contributed by atoms with van der Waals surface area (Å²) in [6.45, 7) is 1.42. The van der Waals surface area contributed by atoms with E-state index in [9.17, 15) is 9.59 Å². The van der Waals surface area contributed by atoms with Gasteiger partial charge in [0, 0.05) is 45.9 Å². The Morgan fingerprint density at radius 3 is 2.66 bits per heavy atom. The monoisotopic (exact) mass is 471 g/mol. The van der Waals surface area contributed by atoms with Crippen LogP contribution in [0.5, 0.6) is 0 Å². The maximum Gasteiger partial charge on any atom is 0.336 e. The molecule has 0 fully saturated rings. The lowest BCUT2D eigenvalue weighted by molar-refractivity contribution is -0.114. The number of aromatic nitrogens is 2. The topological polar surface area (TPSA) is 98.2 Å². The van der Waals surface area contributed by atoms with Crippen molar-refractivity contribution in [1.29, 1.82) is 0 Å². The van der Waals surface area contributed by atoms with E-state index in [0.717, 1.165) is 21.0 Å². The standard InChI is InChI=1S/C20H14BrN3O4S/c1-11(25)22-15-6-7-16-13(8-18(26)27-17(16)9-15)10-29-20-24-23-19(28-20)12-2-4-14(21)5-3-12/h2-9H,10H2,1H3,(H,22,25). The highest BCUT2D eigenvalue weighted by Crippen LogP contribution is 2.29. The molecule has 29 heavy (non-hydrogen) atoms. The van der Waals surface area contributed by atoms with Crippen LogP contribution in [0.25, 0.3) is 22.4 Å². The normalized spacial score (nSPS) is 11.0. The van der Waals surface area contributed by atoms with Crippen LogP contribution in [0.2, 0.25) is 0 Å². The van der Waals surface area contributed by atoms with Crippen LogP contribution in [0.1, 0.15) is 12.5 Å². The van der Waals surface area contributed by atoms with E-state index in [2.05, 4.69) is 31.4 Å². The predicted octanol–water partition coefficient (Wildman–Crippen LogP) is 4.86. The zero-order valence-corrected chi connectivity index (χ0v) is 17.5. The maximum atomic E-state index is 11.9. The number of halogens is 1. The smallest absolute Gasteiger partial charge is 0.336 e. The molecule has 1 N–H and O–H groups in total. The minimum Gasteiger partial charge on any atom is -0.423 e. The van der Waals surface area contributed by atoms with Gasteiger partial charge in [-0.2, -0.15) is 0 Å². The summed E-state index contributed by atoms with van der Waals surface area (Å²) in [6.07, 6.45) is 0. The Morgan fingerprint density at radius 1 is 1.10 bits per heavy atom. The number of carbonyl (C=O) groups is 1. The molecule has 0 bridgehead atoms. The van der Waals surface area contributed by atoms with Crippen molar-refractivity contribution in [3.63, 3.8) is 0 Å². The van der Waals surface area contributed by atoms with Crippen LogP contribution in [-0.2, 0) is 10.5 Å². The summed E-state index contributed by atoms with van der Waals surface area (Å²) in [7, 11) is 0. The second-order valence-electron chi connectivity index (χ2n) is 6.15. The van der Waals surface area contributed by atoms with Crippen molar-refractivity contribution in [2.24, 2.45) is 0 Å².